The maximum Gasteiger partial charge on any atom is 0.238 e. The molecule has 1 saturated carbocycles. The van der Waals surface area contributed by atoms with Crippen molar-refractivity contribution in [3.05, 3.63) is 42.0 Å². The molecule has 3 aromatic rings. The highest BCUT2D eigenvalue weighted by Gasteiger charge is 2.30. The molecule has 7 heteroatoms. The van der Waals surface area contributed by atoms with Crippen LogP contribution in [0.25, 0.3) is 16.6 Å². The maximum atomic E-state index is 14.7. The van der Waals surface area contributed by atoms with Crippen LogP contribution in [0.3, 0.4) is 0 Å². The third kappa shape index (κ3) is 4.39. The summed E-state index contributed by atoms with van der Waals surface area (Å²) < 4.78 is 16.3. The fraction of sp³-hybridized carbons (Fsp3) is 0.480. The Kier molecular flexibility index (Phi) is 6.55. The van der Waals surface area contributed by atoms with Crippen LogP contribution in [0.1, 0.15) is 67.2 Å². The van der Waals surface area contributed by atoms with Crippen LogP contribution in [0.5, 0.6) is 0 Å². The number of anilines is 1. The number of fused-ring (bicyclic) bond motifs is 2. The summed E-state index contributed by atoms with van der Waals surface area (Å²) in [7, 11) is 2.07. The molecule has 0 saturated heterocycles. The number of nitrogens with one attached hydrogen (secondary N) is 1. The van der Waals surface area contributed by atoms with E-state index in [4.69, 9.17) is 5.73 Å². The van der Waals surface area contributed by atoms with Crippen molar-refractivity contribution in [2.45, 2.75) is 64.8 Å². The zero-order valence-corrected chi connectivity index (χ0v) is 19.4. The van der Waals surface area contributed by atoms with Gasteiger partial charge in [-0.15, -0.1) is 5.10 Å². The predicted molar refractivity (Wildman–Crippen MR) is 133 cm³/mol. The summed E-state index contributed by atoms with van der Waals surface area (Å²) >= 11 is 0. The van der Waals surface area contributed by atoms with E-state index in [0.717, 1.165) is 34.0 Å². The first-order valence-corrected chi connectivity index (χ1v) is 11.5. The van der Waals surface area contributed by atoms with Crippen LogP contribution in [0, 0.1) is 11.7 Å². The van der Waals surface area contributed by atoms with Gasteiger partial charge in [0.1, 0.15) is 11.5 Å². The van der Waals surface area contributed by atoms with Crippen molar-refractivity contribution in [2.24, 2.45) is 10.9 Å². The average molecular weight is 441 g/mol. The number of nitrogens with zero attached hydrogens (tertiary/aromatic N) is 4. The van der Waals surface area contributed by atoms with Crippen LogP contribution in [-0.4, -0.2) is 33.4 Å². The number of benzene rings is 1. The first-order valence-electron chi connectivity index (χ1n) is 11.5. The van der Waals surface area contributed by atoms with Gasteiger partial charge >= 0.3 is 0 Å². The molecule has 0 radical (unpaired) electrons. The van der Waals surface area contributed by atoms with Gasteiger partial charge in [0.2, 0.25) is 5.95 Å². The van der Waals surface area contributed by atoms with E-state index in [9.17, 15) is 4.39 Å². The number of hydrogen-bond donors (Lipinski definition) is 2. The second-order valence-corrected chi connectivity index (χ2v) is 9.17. The van der Waals surface area contributed by atoms with Crippen molar-refractivity contribution in [1.82, 2.24) is 19.9 Å². The summed E-state index contributed by atoms with van der Waals surface area (Å²) in [6.07, 6.45) is 10.6. The highest BCUT2D eigenvalue weighted by Crippen LogP contribution is 2.43. The first-order chi connectivity index (χ1) is 15.4. The summed E-state index contributed by atoms with van der Waals surface area (Å²) in [6.45, 7) is 6.23. The standard InChI is InChI=1S/C18H18FN5.C7H15N.2H2/c1-9(2)16-10(3)22-17-13(16)6-11(7-14(17)19)12-4-5-24-15(12)8-21-18(20)23-24;1-8-7-5-3-2-4-6-7;;/h4-9,16H,1-3H3,(H2,20,23);7-8H,2-6H2,1H3;2*1H. The minimum atomic E-state index is -0.291. The van der Waals surface area contributed by atoms with E-state index in [0.29, 0.717) is 11.6 Å². The lowest BCUT2D eigenvalue weighted by Crippen LogP contribution is -2.26. The molecule has 5 rings (SSSR count). The summed E-state index contributed by atoms with van der Waals surface area (Å²) in [5.74, 6) is 0.420. The molecule has 1 fully saturated rings. The number of aromatic nitrogens is 3. The number of aliphatic imine (C=N–C) groups is 1. The van der Waals surface area contributed by atoms with Gasteiger partial charge in [-0.3, -0.25) is 4.99 Å². The molecule has 0 amide bonds. The summed E-state index contributed by atoms with van der Waals surface area (Å²) in [5, 5.41) is 7.44. The number of hydrogen-bond acceptors (Lipinski definition) is 5. The molecule has 1 aliphatic carbocycles. The van der Waals surface area contributed by atoms with Crippen LogP contribution in [-0.2, 0) is 0 Å². The van der Waals surface area contributed by atoms with Crippen molar-refractivity contribution < 1.29 is 7.24 Å². The Hall–Kier alpha value is -2.80. The fourth-order valence-electron chi connectivity index (χ4n) is 4.99. The number of nitrogen functional groups attached to an aromatic ring is 1. The molecular formula is C25H37FN6. The van der Waals surface area contributed by atoms with Gasteiger partial charge in [0.05, 0.1) is 11.7 Å². The Morgan fingerprint density at radius 3 is 2.62 bits per heavy atom. The van der Waals surface area contributed by atoms with Gasteiger partial charge in [0.15, 0.2) is 0 Å². The maximum absolute atomic E-state index is 14.7. The Bertz CT molecular complexity index is 1140. The Balaban J connectivity index is 0.000000351. The molecule has 32 heavy (non-hydrogen) atoms. The first kappa shape index (κ1) is 22.4. The van der Waals surface area contributed by atoms with Gasteiger partial charge in [0.25, 0.3) is 0 Å². The molecule has 1 atom stereocenters. The molecule has 2 aliphatic rings. The third-order valence-electron chi connectivity index (χ3n) is 6.59. The summed E-state index contributed by atoms with van der Waals surface area (Å²) in [5.41, 5.74) is 10.5. The average Bonchev–Trinajstić information content (AvgIpc) is 3.35. The van der Waals surface area contributed by atoms with E-state index in [1.807, 2.05) is 19.1 Å². The molecule has 0 bridgehead atoms. The van der Waals surface area contributed by atoms with Crippen LogP contribution in [0.15, 0.2) is 35.6 Å². The van der Waals surface area contributed by atoms with E-state index < -0.39 is 0 Å². The monoisotopic (exact) mass is 440 g/mol. The van der Waals surface area contributed by atoms with E-state index in [-0.39, 0.29) is 20.5 Å². The lowest BCUT2D eigenvalue weighted by atomic mass is 9.85. The largest absolute Gasteiger partial charge is 0.367 e. The second kappa shape index (κ2) is 9.36. The molecule has 1 unspecified atom stereocenters. The Morgan fingerprint density at radius 2 is 1.97 bits per heavy atom. The Morgan fingerprint density at radius 1 is 1.22 bits per heavy atom. The number of nitrogens with two attached hydrogens (primary N) is 1. The van der Waals surface area contributed by atoms with Gasteiger partial charge in [-0.2, -0.15) is 0 Å². The fourth-order valence-corrected chi connectivity index (χ4v) is 4.99. The zero-order valence-electron chi connectivity index (χ0n) is 19.4. The van der Waals surface area contributed by atoms with Crippen LogP contribution < -0.4 is 11.1 Å². The van der Waals surface area contributed by atoms with Crippen LogP contribution >= 0.6 is 0 Å². The molecule has 174 valence electrons. The van der Waals surface area contributed by atoms with Gasteiger partial charge in [-0.25, -0.2) is 13.9 Å². The van der Waals surface area contributed by atoms with E-state index in [2.05, 4.69) is 41.3 Å². The lowest BCUT2D eigenvalue weighted by molar-refractivity contribution is 0.394. The van der Waals surface area contributed by atoms with Gasteiger partial charge in [-0.05, 0) is 62.1 Å². The SMILES string of the molecule is CC1=Nc2c(F)cc(-c3ccn4nc(N)ncc34)cc2C1C(C)C.CNC1CCCCC1.[HH].[HH]. The predicted octanol–water partition coefficient (Wildman–Crippen LogP) is 5.99. The zero-order chi connectivity index (χ0) is 22.8. The highest BCUT2D eigenvalue weighted by atomic mass is 19.1. The second-order valence-electron chi connectivity index (χ2n) is 9.17. The molecule has 0 spiro atoms. The van der Waals surface area contributed by atoms with Crippen molar-refractivity contribution >= 4 is 22.9 Å². The topological polar surface area (TPSA) is 80.6 Å². The van der Waals surface area contributed by atoms with Crippen molar-refractivity contribution in [3.8, 4) is 11.1 Å². The van der Waals surface area contributed by atoms with Crippen LogP contribution in [0.2, 0.25) is 0 Å². The summed E-state index contributed by atoms with van der Waals surface area (Å²) in [4.78, 5) is 8.49. The normalized spacial score (nSPS) is 18.4. The van der Waals surface area contributed by atoms with Crippen molar-refractivity contribution in [1.29, 1.82) is 0 Å². The molecule has 6 nitrogen and oxygen atoms in total. The molecule has 3 heterocycles. The molecule has 2 aromatic heterocycles. The van der Waals surface area contributed by atoms with E-state index in [1.54, 1.807) is 16.9 Å². The lowest BCUT2D eigenvalue weighted by Gasteiger charge is -2.20. The molecule has 3 N–H and O–H groups in total. The van der Waals surface area contributed by atoms with Crippen molar-refractivity contribution in [2.75, 3.05) is 12.8 Å². The smallest absolute Gasteiger partial charge is 0.238 e. The quantitative estimate of drug-likeness (QED) is 0.524. The Labute approximate surface area is 192 Å². The van der Waals surface area contributed by atoms with Gasteiger partial charge in [-0.1, -0.05) is 33.1 Å². The number of rotatable bonds is 3. The summed E-state index contributed by atoms with van der Waals surface area (Å²) in [6, 6.07) is 6.31. The third-order valence-corrected chi connectivity index (χ3v) is 6.59. The molecular weight excluding hydrogens is 403 g/mol. The van der Waals surface area contributed by atoms with Crippen LogP contribution in [0.4, 0.5) is 16.0 Å². The van der Waals surface area contributed by atoms with Gasteiger partial charge < -0.3 is 11.1 Å². The van der Waals surface area contributed by atoms with E-state index in [1.165, 1.54) is 38.2 Å². The van der Waals surface area contributed by atoms with Crippen molar-refractivity contribution in [3.63, 3.8) is 0 Å². The minimum Gasteiger partial charge on any atom is -0.367 e. The van der Waals surface area contributed by atoms with E-state index >= 15 is 0 Å². The highest BCUT2D eigenvalue weighted by molar-refractivity contribution is 5.97. The number of halogens is 1. The molecule has 1 aliphatic heterocycles. The molecule has 1 aromatic carbocycles. The van der Waals surface area contributed by atoms with Gasteiger partial charge in [0, 0.05) is 32.3 Å². The minimum absolute atomic E-state index is 0.